The van der Waals surface area contributed by atoms with Crippen LogP contribution in [-0.2, 0) is 9.59 Å². The van der Waals surface area contributed by atoms with Crippen LogP contribution in [0.3, 0.4) is 0 Å². The van der Waals surface area contributed by atoms with Crippen molar-refractivity contribution in [3.63, 3.8) is 0 Å². The van der Waals surface area contributed by atoms with Gasteiger partial charge in [0.2, 0.25) is 11.8 Å². The van der Waals surface area contributed by atoms with E-state index in [9.17, 15) is 18.4 Å². The van der Waals surface area contributed by atoms with E-state index in [-0.39, 0.29) is 35.0 Å². The molecule has 5 aliphatic rings. The van der Waals surface area contributed by atoms with Gasteiger partial charge in [-0.25, -0.2) is 19.6 Å². The highest BCUT2D eigenvalue weighted by Crippen LogP contribution is 2.50. The third kappa shape index (κ3) is 3.94. The number of halogens is 2. The first kappa shape index (κ1) is 21.4. The van der Waals surface area contributed by atoms with Gasteiger partial charge in [-0.1, -0.05) is 0 Å². The summed E-state index contributed by atoms with van der Waals surface area (Å²) in [5, 5.41) is 0. The lowest BCUT2D eigenvalue weighted by molar-refractivity contribution is -0.155. The molecule has 9 heteroatoms. The van der Waals surface area contributed by atoms with Crippen molar-refractivity contribution in [1.82, 2.24) is 26.2 Å². The molecule has 3 N–H and O–H groups in total. The molecule has 0 bridgehead atoms. The van der Waals surface area contributed by atoms with Gasteiger partial charge in [0.25, 0.3) is 0 Å². The summed E-state index contributed by atoms with van der Waals surface area (Å²) in [6, 6.07) is 4.27. The second kappa shape index (κ2) is 7.99. The third-order valence-corrected chi connectivity index (χ3v) is 8.64. The molecule has 2 amide bonds. The fourth-order valence-corrected chi connectivity index (χ4v) is 6.51. The average Bonchev–Trinajstić information content (AvgIpc) is 3.45. The number of amides is 2. The van der Waals surface area contributed by atoms with Crippen molar-refractivity contribution in [2.75, 3.05) is 26.2 Å². The number of piperidine rings is 1. The van der Waals surface area contributed by atoms with Crippen molar-refractivity contribution in [3.8, 4) is 0 Å². The normalized spacial score (nSPS) is 34.7. The average molecular weight is 460 g/mol. The number of carbonyl (C=O) groups excluding carboxylic acids is 2. The molecule has 7 nitrogen and oxygen atoms in total. The summed E-state index contributed by atoms with van der Waals surface area (Å²) in [6.45, 7) is 3.01. The largest absolute Gasteiger partial charge is 0.342 e. The van der Waals surface area contributed by atoms with Crippen molar-refractivity contribution in [2.24, 2.45) is 17.3 Å². The van der Waals surface area contributed by atoms with E-state index in [1.165, 1.54) is 12.1 Å². The van der Waals surface area contributed by atoms with Crippen molar-refractivity contribution in [1.29, 1.82) is 0 Å². The van der Waals surface area contributed by atoms with Gasteiger partial charge in [0.1, 0.15) is 11.6 Å². The lowest BCUT2D eigenvalue weighted by Crippen LogP contribution is -2.63. The van der Waals surface area contributed by atoms with E-state index in [4.69, 9.17) is 0 Å². The first-order valence-corrected chi connectivity index (χ1v) is 12.2. The zero-order chi connectivity index (χ0) is 22.7. The molecule has 6 rings (SSSR count). The Hall–Kier alpha value is -2.10. The molecule has 33 heavy (non-hydrogen) atoms. The molecule has 5 fully saturated rings. The van der Waals surface area contributed by atoms with Gasteiger partial charge < -0.3 is 9.80 Å². The minimum atomic E-state index is -0.590. The zero-order valence-electron chi connectivity index (χ0n) is 18.7. The summed E-state index contributed by atoms with van der Waals surface area (Å²) >= 11 is 0. The van der Waals surface area contributed by atoms with Crippen molar-refractivity contribution >= 4 is 11.8 Å². The summed E-state index contributed by atoms with van der Waals surface area (Å²) in [5.41, 5.74) is 10.1. The molecule has 178 valence electrons. The summed E-state index contributed by atoms with van der Waals surface area (Å²) in [7, 11) is 0. The first-order valence-electron chi connectivity index (χ1n) is 12.2. The lowest BCUT2D eigenvalue weighted by atomic mass is 9.71. The number of likely N-dealkylation sites (tertiary alicyclic amines) is 2. The minimum Gasteiger partial charge on any atom is -0.342 e. The molecule has 0 radical (unpaired) electrons. The van der Waals surface area contributed by atoms with Gasteiger partial charge in [0.15, 0.2) is 0 Å². The van der Waals surface area contributed by atoms with Crippen LogP contribution in [-0.4, -0.2) is 59.9 Å². The van der Waals surface area contributed by atoms with Gasteiger partial charge in [-0.3, -0.25) is 9.59 Å². The van der Waals surface area contributed by atoms with E-state index in [2.05, 4.69) is 16.4 Å². The predicted molar refractivity (Wildman–Crippen MR) is 116 cm³/mol. The Kier molecular flexibility index (Phi) is 5.19. The molecular formula is C24H31F2N5O2. The van der Waals surface area contributed by atoms with E-state index >= 15 is 0 Å². The van der Waals surface area contributed by atoms with Crippen LogP contribution in [0.5, 0.6) is 0 Å². The van der Waals surface area contributed by atoms with E-state index in [0.29, 0.717) is 37.2 Å². The van der Waals surface area contributed by atoms with E-state index in [1.54, 1.807) is 0 Å². The van der Waals surface area contributed by atoms with Crippen LogP contribution in [0.1, 0.15) is 50.0 Å². The lowest BCUT2D eigenvalue weighted by Gasteiger charge is -2.55. The molecule has 3 heterocycles. The summed E-state index contributed by atoms with van der Waals surface area (Å²) in [5.74, 6) is -0.933. The quantitative estimate of drug-likeness (QED) is 0.641. The molecule has 3 unspecified atom stereocenters. The minimum absolute atomic E-state index is 0.0785. The van der Waals surface area contributed by atoms with Crippen LogP contribution in [0.4, 0.5) is 8.78 Å². The molecule has 2 aliphatic carbocycles. The Bertz CT molecular complexity index is 938. The Balaban J connectivity index is 0.984. The van der Waals surface area contributed by atoms with Crippen molar-refractivity contribution < 1.29 is 18.4 Å². The number of hydrogen-bond acceptors (Lipinski definition) is 5. The van der Waals surface area contributed by atoms with Crippen LogP contribution < -0.4 is 16.4 Å². The molecular weight excluding hydrogens is 428 g/mol. The Morgan fingerprint density at radius 1 is 0.879 bits per heavy atom. The predicted octanol–water partition coefficient (Wildman–Crippen LogP) is 1.67. The number of nitrogens with zero attached hydrogens (tertiary/aromatic N) is 2. The molecule has 5 atom stereocenters. The molecule has 3 aliphatic heterocycles. The standard InChI is InChI=1S/C24H31F2N5O2/c25-16-7-15(8-17(26)10-16)18-11-19(18)23(33)30-5-3-24(4-6-30)12-31(13-24)22(32)14-1-2-20-21(9-14)28-29-27-20/h7-8,10,14,18-21,27-29H,1-6,9,11-13H2/t14?,18-,19+,20?,21?/m0/s1. The number of hydrazine groups is 2. The van der Waals surface area contributed by atoms with Crippen LogP contribution in [0.25, 0.3) is 0 Å². The van der Waals surface area contributed by atoms with E-state index in [1.807, 2.05) is 9.80 Å². The fraction of sp³-hybridized carbons (Fsp3) is 0.667. The molecule has 1 aromatic rings. The van der Waals surface area contributed by atoms with E-state index in [0.717, 1.165) is 51.3 Å². The summed E-state index contributed by atoms with van der Waals surface area (Å²) < 4.78 is 27.0. The van der Waals surface area contributed by atoms with Gasteiger partial charge in [-0.05, 0) is 62.1 Å². The number of benzene rings is 1. The van der Waals surface area contributed by atoms with Crippen molar-refractivity contribution in [3.05, 3.63) is 35.4 Å². The number of nitrogens with one attached hydrogen (secondary N) is 3. The monoisotopic (exact) mass is 459 g/mol. The van der Waals surface area contributed by atoms with Gasteiger partial charge in [-0.15, -0.1) is 0 Å². The summed E-state index contributed by atoms with van der Waals surface area (Å²) in [6.07, 6.45) is 5.29. The van der Waals surface area contributed by atoms with Crippen molar-refractivity contribution in [2.45, 2.75) is 56.5 Å². The van der Waals surface area contributed by atoms with Gasteiger partial charge in [0.05, 0.1) is 0 Å². The number of fused-ring (bicyclic) bond motifs is 1. The van der Waals surface area contributed by atoms with Gasteiger partial charge >= 0.3 is 0 Å². The zero-order valence-corrected chi connectivity index (χ0v) is 18.7. The maximum atomic E-state index is 13.5. The molecule has 1 spiro atoms. The van der Waals surface area contributed by atoms with Gasteiger partial charge in [0, 0.05) is 61.6 Å². The van der Waals surface area contributed by atoms with Crippen LogP contribution in [0.15, 0.2) is 18.2 Å². The summed E-state index contributed by atoms with van der Waals surface area (Å²) in [4.78, 5) is 29.9. The van der Waals surface area contributed by atoms with Crippen LogP contribution in [0.2, 0.25) is 0 Å². The molecule has 1 aromatic carbocycles. The maximum Gasteiger partial charge on any atom is 0.226 e. The SMILES string of the molecule is O=C(C1CCC2NNNC2C1)N1CC2(CCN(C(=O)[C@@H]3C[C@H]3c3cc(F)cc(F)c3)CC2)C1. The highest BCUT2D eigenvalue weighted by molar-refractivity contribution is 5.83. The Morgan fingerprint density at radius 3 is 2.30 bits per heavy atom. The van der Waals surface area contributed by atoms with Gasteiger partial charge in [-0.2, -0.15) is 5.53 Å². The number of carbonyl (C=O) groups is 2. The highest BCUT2D eigenvalue weighted by Gasteiger charge is 2.51. The van der Waals surface area contributed by atoms with E-state index < -0.39 is 11.6 Å². The Morgan fingerprint density at radius 2 is 1.58 bits per heavy atom. The molecule has 0 aromatic heterocycles. The highest BCUT2D eigenvalue weighted by atomic mass is 19.1. The second-order valence-electron chi connectivity index (χ2n) is 10.8. The number of rotatable bonds is 3. The van der Waals surface area contributed by atoms with Crippen LogP contribution >= 0.6 is 0 Å². The fourth-order valence-electron chi connectivity index (χ4n) is 6.51. The topological polar surface area (TPSA) is 76.7 Å². The first-order chi connectivity index (χ1) is 15.9. The molecule has 2 saturated carbocycles. The maximum absolute atomic E-state index is 13.5. The van der Waals surface area contributed by atoms with Crippen LogP contribution in [0, 0.1) is 28.9 Å². The smallest absolute Gasteiger partial charge is 0.226 e. The third-order valence-electron chi connectivity index (χ3n) is 8.64. The molecule has 3 saturated heterocycles. The Labute approximate surface area is 192 Å². The number of hydrogen-bond donors (Lipinski definition) is 3. The second-order valence-corrected chi connectivity index (χ2v) is 10.8.